The number of carbonyl (C=O) groups excluding carboxylic acids is 2. The Morgan fingerprint density at radius 2 is 1.68 bits per heavy atom. The third kappa shape index (κ3) is 7.08. The number of halogens is 1. The van der Waals surface area contributed by atoms with Crippen LogP contribution in [-0.2, 0) is 22.7 Å². The number of hydrogen-bond donors (Lipinski definition) is 2. The van der Waals surface area contributed by atoms with Crippen LogP contribution in [0.5, 0.6) is 5.75 Å². The van der Waals surface area contributed by atoms with Crippen molar-refractivity contribution < 1.29 is 18.7 Å². The molecule has 0 saturated heterocycles. The van der Waals surface area contributed by atoms with E-state index in [0.717, 1.165) is 16.7 Å². The zero-order valence-electron chi connectivity index (χ0n) is 17.0. The number of aryl methyl sites for hydroxylation is 1. The monoisotopic (exact) mass is 419 g/mol. The molecule has 6 nitrogen and oxygen atoms in total. The van der Waals surface area contributed by atoms with Gasteiger partial charge in [0.2, 0.25) is 0 Å². The summed E-state index contributed by atoms with van der Waals surface area (Å²) in [6.45, 7) is 2.52. The summed E-state index contributed by atoms with van der Waals surface area (Å²) in [4.78, 5) is 23.8. The van der Waals surface area contributed by atoms with Crippen LogP contribution < -0.4 is 15.5 Å². The van der Waals surface area contributed by atoms with E-state index in [0.29, 0.717) is 17.9 Å². The number of ether oxygens (including phenoxy) is 1. The van der Waals surface area contributed by atoms with Crippen LogP contribution in [0.4, 0.5) is 4.39 Å². The molecule has 0 aliphatic carbocycles. The van der Waals surface area contributed by atoms with Crippen LogP contribution >= 0.6 is 0 Å². The van der Waals surface area contributed by atoms with Crippen LogP contribution in [0.3, 0.4) is 0 Å². The minimum Gasteiger partial charge on any atom is -0.489 e. The van der Waals surface area contributed by atoms with Gasteiger partial charge in [0.05, 0.1) is 6.21 Å². The van der Waals surface area contributed by atoms with Crippen molar-refractivity contribution in [2.45, 2.75) is 20.1 Å². The first-order valence-electron chi connectivity index (χ1n) is 9.64. The van der Waals surface area contributed by atoms with Gasteiger partial charge in [-0.05, 0) is 47.9 Å². The molecule has 0 aliphatic heterocycles. The van der Waals surface area contributed by atoms with Gasteiger partial charge in [-0.15, -0.1) is 0 Å². The highest BCUT2D eigenvalue weighted by atomic mass is 19.1. The number of amides is 2. The van der Waals surface area contributed by atoms with Gasteiger partial charge in [0.15, 0.2) is 0 Å². The Bertz CT molecular complexity index is 1060. The average molecular weight is 419 g/mol. The van der Waals surface area contributed by atoms with Crippen molar-refractivity contribution in [1.29, 1.82) is 0 Å². The van der Waals surface area contributed by atoms with Crippen LogP contribution in [0.25, 0.3) is 0 Å². The van der Waals surface area contributed by atoms with Gasteiger partial charge < -0.3 is 10.1 Å². The molecular weight excluding hydrogens is 397 g/mol. The van der Waals surface area contributed by atoms with E-state index >= 15 is 0 Å². The summed E-state index contributed by atoms with van der Waals surface area (Å²) in [5, 5.41) is 6.36. The van der Waals surface area contributed by atoms with Crippen molar-refractivity contribution in [2.75, 3.05) is 0 Å². The Labute approximate surface area is 179 Å². The molecule has 0 aliphatic rings. The van der Waals surface area contributed by atoms with Gasteiger partial charge in [-0.25, -0.2) is 9.82 Å². The highest BCUT2D eigenvalue weighted by Crippen LogP contribution is 2.14. The fourth-order valence-electron chi connectivity index (χ4n) is 2.62. The molecular formula is C24H22FN3O3. The highest BCUT2D eigenvalue weighted by molar-refractivity contribution is 6.35. The second-order valence-electron chi connectivity index (χ2n) is 6.86. The van der Waals surface area contributed by atoms with Gasteiger partial charge in [-0.2, -0.15) is 5.10 Å². The smallest absolute Gasteiger partial charge is 0.329 e. The summed E-state index contributed by atoms with van der Waals surface area (Å²) in [5.74, 6) is -1.33. The van der Waals surface area contributed by atoms with E-state index in [9.17, 15) is 14.0 Å². The van der Waals surface area contributed by atoms with Crippen LogP contribution in [0.15, 0.2) is 77.9 Å². The van der Waals surface area contributed by atoms with Gasteiger partial charge in [0.25, 0.3) is 0 Å². The maximum atomic E-state index is 13.0. The van der Waals surface area contributed by atoms with E-state index in [1.165, 1.54) is 18.3 Å². The normalized spacial score (nSPS) is 10.6. The highest BCUT2D eigenvalue weighted by Gasteiger charge is 2.11. The molecule has 3 aromatic carbocycles. The molecule has 2 N–H and O–H groups in total. The average Bonchev–Trinajstić information content (AvgIpc) is 2.78. The van der Waals surface area contributed by atoms with E-state index in [1.807, 2.05) is 31.2 Å². The Kier molecular flexibility index (Phi) is 7.48. The van der Waals surface area contributed by atoms with E-state index < -0.39 is 11.8 Å². The molecule has 3 rings (SSSR count). The fourth-order valence-corrected chi connectivity index (χ4v) is 2.62. The lowest BCUT2D eigenvalue weighted by atomic mass is 10.1. The summed E-state index contributed by atoms with van der Waals surface area (Å²) >= 11 is 0. The number of nitrogens with one attached hydrogen (secondary N) is 2. The Balaban J connectivity index is 1.46. The predicted molar refractivity (Wildman–Crippen MR) is 116 cm³/mol. The van der Waals surface area contributed by atoms with E-state index in [1.54, 1.807) is 36.4 Å². The first-order valence-corrected chi connectivity index (χ1v) is 9.64. The predicted octanol–water partition coefficient (Wildman–Crippen LogP) is 3.48. The van der Waals surface area contributed by atoms with Gasteiger partial charge in [-0.3, -0.25) is 9.59 Å². The van der Waals surface area contributed by atoms with Gasteiger partial charge in [0, 0.05) is 6.54 Å². The molecule has 0 spiro atoms. The van der Waals surface area contributed by atoms with Crippen molar-refractivity contribution >= 4 is 18.0 Å². The Hall–Kier alpha value is -4.00. The molecule has 0 radical (unpaired) electrons. The van der Waals surface area contributed by atoms with Gasteiger partial charge in [-0.1, -0.05) is 54.1 Å². The number of hydrazone groups is 1. The third-order valence-electron chi connectivity index (χ3n) is 4.34. The second kappa shape index (κ2) is 10.7. The first kappa shape index (κ1) is 21.7. The second-order valence-corrected chi connectivity index (χ2v) is 6.86. The molecule has 0 unspecified atom stereocenters. The number of rotatable bonds is 7. The summed E-state index contributed by atoms with van der Waals surface area (Å²) in [7, 11) is 0. The van der Waals surface area contributed by atoms with Gasteiger partial charge in [0.1, 0.15) is 18.2 Å². The molecule has 0 bridgehead atoms. The summed E-state index contributed by atoms with van der Waals surface area (Å²) in [6, 6.07) is 20.8. The molecule has 158 valence electrons. The van der Waals surface area contributed by atoms with Gasteiger partial charge >= 0.3 is 11.8 Å². The maximum Gasteiger partial charge on any atom is 0.329 e. The summed E-state index contributed by atoms with van der Waals surface area (Å²) in [5.41, 5.74) is 5.73. The minimum atomic E-state index is -0.855. The lowest BCUT2D eigenvalue weighted by molar-refractivity contribution is -0.139. The molecule has 3 aromatic rings. The maximum absolute atomic E-state index is 13.0. The lowest BCUT2D eigenvalue weighted by Gasteiger charge is -2.07. The van der Waals surface area contributed by atoms with Crippen LogP contribution in [0.1, 0.15) is 22.3 Å². The van der Waals surface area contributed by atoms with Crippen molar-refractivity contribution in [3.05, 3.63) is 101 Å². The summed E-state index contributed by atoms with van der Waals surface area (Å²) < 4.78 is 18.6. The number of hydrogen-bond acceptors (Lipinski definition) is 4. The summed E-state index contributed by atoms with van der Waals surface area (Å²) in [6.07, 6.45) is 1.41. The van der Waals surface area contributed by atoms with Crippen molar-refractivity contribution in [3.63, 3.8) is 0 Å². The molecule has 0 heterocycles. The minimum absolute atomic E-state index is 0.254. The quantitative estimate of drug-likeness (QED) is 0.350. The number of benzene rings is 3. The molecule has 2 amide bonds. The van der Waals surface area contributed by atoms with Crippen LogP contribution in [0.2, 0.25) is 0 Å². The molecule has 7 heteroatoms. The molecule has 0 atom stereocenters. The third-order valence-corrected chi connectivity index (χ3v) is 4.34. The number of carbonyl (C=O) groups is 2. The first-order chi connectivity index (χ1) is 15.0. The zero-order chi connectivity index (χ0) is 22.1. The lowest BCUT2D eigenvalue weighted by Crippen LogP contribution is -2.37. The topological polar surface area (TPSA) is 79.8 Å². The standard InChI is InChI=1S/C24H22FN3O3/c1-17-5-7-18(8-6-17)14-26-23(29)24(30)28-27-15-20-3-2-4-22(13-20)31-16-19-9-11-21(25)12-10-19/h2-13,15H,14,16H2,1H3,(H,26,29)(H,28,30)/b27-15-. The fraction of sp³-hybridized carbons (Fsp3) is 0.125. The Morgan fingerprint density at radius 1 is 0.968 bits per heavy atom. The molecule has 0 fully saturated rings. The van der Waals surface area contributed by atoms with Crippen LogP contribution in [0, 0.1) is 12.7 Å². The van der Waals surface area contributed by atoms with Crippen molar-refractivity contribution in [2.24, 2.45) is 5.10 Å². The van der Waals surface area contributed by atoms with Crippen molar-refractivity contribution in [3.8, 4) is 5.75 Å². The molecule has 31 heavy (non-hydrogen) atoms. The zero-order valence-corrected chi connectivity index (χ0v) is 17.0. The van der Waals surface area contributed by atoms with E-state index in [4.69, 9.17) is 4.74 Å². The molecule has 0 aromatic heterocycles. The largest absolute Gasteiger partial charge is 0.489 e. The number of nitrogens with zero attached hydrogens (tertiary/aromatic N) is 1. The van der Waals surface area contributed by atoms with E-state index in [-0.39, 0.29) is 12.4 Å². The van der Waals surface area contributed by atoms with E-state index in [2.05, 4.69) is 15.8 Å². The van der Waals surface area contributed by atoms with Crippen LogP contribution in [-0.4, -0.2) is 18.0 Å². The van der Waals surface area contributed by atoms with Crippen molar-refractivity contribution in [1.82, 2.24) is 10.7 Å². The SMILES string of the molecule is Cc1ccc(CNC(=O)C(=O)N/N=C\c2cccc(OCc3ccc(F)cc3)c2)cc1. The molecule has 0 saturated carbocycles. The Morgan fingerprint density at radius 3 is 2.42 bits per heavy atom.